The van der Waals surface area contributed by atoms with Crippen molar-refractivity contribution in [3.05, 3.63) is 23.7 Å². The molecule has 0 saturated heterocycles. The van der Waals surface area contributed by atoms with E-state index in [-0.39, 0.29) is 0 Å². The highest BCUT2D eigenvalue weighted by Gasteiger charge is 2.35. The fourth-order valence-corrected chi connectivity index (χ4v) is 2.65. The van der Waals surface area contributed by atoms with Crippen LogP contribution in [0.15, 0.2) is 16.5 Å². The van der Waals surface area contributed by atoms with Gasteiger partial charge in [0.05, 0.1) is 0 Å². The largest absolute Gasteiger partial charge is 0.466 e. The van der Waals surface area contributed by atoms with Crippen LogP contribution in [0.4, 0.5) is 0 Å². The zero-order valence-electron chi connectivity index (χ0n) is 11.0. The monoisotopic (exact) mass is 236 g/mol. The number of aryl methyl sites for hydroxylation is 1. The molecule has 0 amide bonds. The van der Waals surface area contributed by atoms with Crippen molar-refractivity contribution < 1.29 is 4.42 Å². The lowest BCUT2D eigenvalue weighted by Crippen LogP contribution is -2.46. The Bertz CT molecular complexity index is 342. The summed E-state index contributed by atoms with van der Waals surface area (Å²) in [5, 5.41) is 6.88. The second kappa shape index (κ2) is 5.69. The molecule has 2 N–H and O–H groups in total. The minimum Gasteiger partial charge on any atom is -0.466 e. The lowest BCUT2D eigenvalue weighted by molar-refractivity contribution is 0.131. The molecular formula is C14H24N2O. The first-order valence-corrected chi connectivity index (χ1v) is 6.65. The molecule has 1 aromatic rings. The average molecular weight is 236 g/mol. The summed E-state index contributed by atoms with van der Waals surface area (Å²) in [7, 11) is 2.05. The molecule has 17 heavy (non-hydrogen) atoms. The Morgan fingerprint density at radius 3 is 2.65 bits per heavy atom. The second-order valence-electron chi connectivity index (χ2n) is 5.32. The molecular weight excluding hydrogens is 212 g/mol. The third-order valence-electron chi connectivity index (χ3n) is 3.81. The summed E-state index contributed by atoms with van der Waals surface area (Å²) in [6.45, 7) is 5.28. The van der Waals surface area contributed by atoms with Gasteiger partial charge in [-0.15, -0.1) is 0 Å². The summed E-state index contributed by atoms with van der Waals surface area (Å²) in [4.78, 5) is 0. The van der Waals surface area contributed by atoms with Gasteiger partial charge in [0.25, 0.3) is 0 Å². The van der Waals surface area contributed by atoms with E-state index >= 15 is 0 Å². The van der Waals surface area contributed by atoms with E-state index in [1.54, 1.807) is 0 Å². The second-order valence-corrected chi connectivity index (χ2v) is 5.32. The van der Waals surface area contributed by atoms with E-state index in [0.29, 0.717) is 5.41 Å². The van der Waals surface area contributed by atoms with Crippen molar-refractivity contribution in [3.63, 3.8) is 0 Å². The summed E-state index contributed by atoms with van der Waals surface area (Å²) in [6.07, 6.45) is 5.10. The van der Waals surface area contributed by atoms with Gasteiger partial charge in [-0.3, -0.25) is 0 Å². The number of hydrogen-bond acceptors (Lipinski definition) is 3. The zero-order chi connectivity index (χ0) is 12.1. The van der Waals surface area contributed by atoms with Crippen LogP contribution in [0, 0.1) is 12.3 Å². The lowest BCUT2D eigenvalue weighted by Gasteiger charge is -2.42. The third kappa shape index (κ3) is 3.33. The number of rotatable bonds is 7. The lowest BCUT2D eigenvalue weighted by atomic mass is 9.68. The van der Waals surface area contributed by atoms with Gasteiger partial charge in [-0.2, -0.15) is 0 Å². The summed E-state index contributed by atoms with van der Waals surface area (Å²) in [5.41, 5.74) is 0.522. The minimum atomic E-state index is 0.522. The van der Waals surface area contributed by atoms with Crippen LogP contribution in [0.2, 0.25) is 0 Å². The first kappa shape index (κ1) is 12.7. The summed E-state index contributed by atoms with van der Waals surface area (Å²) >= 11 is 0. The van der Waals surface area contributed by atoms with Crippen molar-refractivity contribution in [1.29, 1.82) is 0 Å². The maximum absolute atomic E-state index is 5.55. The van der Waals surface area contributed by atoms with Gasteiger partial charge < -0.3 is 15.1 Å². The van der Waals surface area contributed by atoms with Crippen molar-refractivity contribution in [3.8, 4) is 0 Å². The van der Waals surface area contributed by atoms with Crippen molar-refractivity contribution in [2.75, 3.05) is 26.7 Å². The Balaban J connectivity index is 1.65. The quantitative estimate of drug-likeness (QED) is 0.712. The number of nitrogens with one attached hydrogen (secondary N) is 2. The molecule has 1 aliphatic carbocycles. The predicted octanol–water partition coefficient (Wildman–Crippen LogP) is 2.11. The highest BCUT2D eigenvalue weighted by molar-refractivity contribution is 5.05. The average Bonchev–Trinajstić information content (AvgIpc) is 2.66. The topological polar surface area (TPSA) is 37.2 Å². The van der Waals surface area contributed by atoms with Crippen LogP contribution in [0.3, 0.4) is 0 Å². The molecule has 0 spiro atoms. The molecule has 0 unspecified atom stereocenters. The van der Waals surface area contributed by atoms with Crippen LogP contribution in [0.1, 0.15) is 30.8 Å². The van der Waals surface area contributed by atoms with E-state index in [1.807, 2.05) is 20.0 Å². The van der Waals surface area contributed by atoms with E-state index in [9.17, 15) is 0 Å². The van der Waals surface area contributed by atoms with Crippen molar-refractivity contribution in [1.82, 2.24) is 10.6 Å². The van der Waals surface area contributed by atoms with E-state index in [2.05, 4.69) is 16.7 Å². The molecule has 0 atom stereocenters. The van der Waals surface area contributed by atoms with Gasteiger partial charge in [0.2, 0.25) is 0 Å². The minimum absolute atomic E-state index is 0.522. The molecule has 1 fully saturated rings. The van der Waals surface area contributed by atoms with Gasteiger partial charge in [-0.25, -0.2) is 0 Å². The van der Waals surface area contributed by atoms with Gasteiger partial charge in [0.15, 0.2) is 0 Å². The highest BCUT2D eigenvalue weighted by Crippen LogP contribution is 2.39. The van der Waals surface area contributed by atoms with Crippen LogP contribution in [-0.4, -0.2) is 26.7 Å². The Morgan fingerprint density at radius 1 is 1.29 bits per heavy atom. The molecule has 0 bridgehead atoms. The molecule has 0 aromatic carbocycles. The van der Waals surface area contributed by atoms with Crippen LogP contribution in [0.25, 0.3) is 0 Å². The van der Waals surface area contributed by atoms with Crippen LogP contribution in [-0.2, 0) is 6.42 Å². The van der Waals surface area contributed by atoms with E-state index in [1.165, 1.54) is 19.3 Å². The van der Waals surface area contributed by atoms with E-state index in [0.717, 1.165) is 37.6 Å². The van der Waals surface area contributed by atoms with E-state index in [4.69, 9.17) is 4.42 Å². The van der Waals surface area contributed by atoms with Crippen LogP contribution >= 0.6 is 0 Å². The normalized spacial score (nSPS) is 18.0. The molecule has 0 aliphatic heterocycles. The molecule has 0 radical (unpaired) electrons. The Labute approximate surface area is 104 Å². The fourth-order valence-electron chi connectivity index (χ4n) is 2.65. The third-order valence-corrected chi connectivity index (χ3v) is 3.81. The molecule has 1 aromatic heterocycles. The van der Waals surface area contributed by atoms with Gasteiger partial charge in [0.1, 0.15) is 11.5 Å². The molecule has 1 saturated carbocycles. The summed E-state index contributed by atoms with van der Waals surface area (Å²) in [6, 6.07) is 4.10. The predicted molar refractivity (Wildman–Crippen MR) is 70.2 cm³/mol. The standard InChI is InChI=1S/C14H24N2O/c1-12-4-5-13(17-12)6-9-16-11-14(10-15-2)7-3-8-14/h4-5,15-16H,3,6-11H2,1-2H3. The zero-order valence-corrected chi connectivity index (χ0v) is 11.0. The van der Waals surface area contributed by atoms with Crippen molar-refractivity contribution >= 4 is 0 Å². The summed E-state index contributed by atoms with van der Waals surface area (Å²) in [5.74, 6) is 2.09. The number of furan rings is 1. The molecule has 2 rings (SSSR count). The number of hydrogen-bond donors (Lipinski definition) is 2. The molecule has 3 nitrogen and oxygen atoms in total. The molecule has 96 valence electrons. The van der Waals surface area contributed by atoms with Crippen molar-refractivity contribution in [2.45, 2.75) is 32.6 Å². The Hall–Kier alpha value is -0.800. The van der Waals surface area contributed by atoms with Gasteiger partial charge in [-0.05, 0) is 44.4 Å². The Morgan fingerprint density at radius 2 is 2.12 bits per heavy atom. The highest BCUT2D eigenvalue weighted by atomic mass is 16.3. The van der Waals surface area contributed by atoms with Crippen LogP contribution in [0.5, 0.6) is 0 Å². The first-order chi connectivity index (χ1) is 8.24. The SMILES string of the molecule is CNCC1(CNCCc2ccc(C)o2)CCC1. The van der Waals surface area contributed by atoms with Crippen molar-refractivity contribution in [2.24, 2.45) is 5.41 Å². The molecule has 1 aliphatic rings. The Kier molecular flexibility index (Phi) is 4.24. The summed E-state index contributed by atoms with van der Waals surface area (Å²) < 4.78 is 5.55. The smallest absolute Gasteiger partial charge is 0.105 e. The van der Waals surface area contributed by atoms with E-state index < -0.39 is 0 Å². The van der Waals surface area contributed by atoms with Gasteiger partial charge >= 0.3 is 0 Å². The fraction of sp³-hybridized carbons (Fsp3) is 0.714. The molecule has 3 heteroatoms. The maximum atomic E-state index is 5.55. The first-order valence-electron chi connectivity index (χ1n) is 6.65. The van der Waals surface area contributed by atoms with Gasteiger partial charge in [-0.1, -0.05) is 6.42 Å². The maximum Gasteiger partial charge on any atom is 0.105 e. The van der Waals surface area contributed by atoms with Crippen LogP contribution < -0.4 is 10.6 Å². The van der Waals surface area contributed by atoms with Gasteiger partial charge in [0, 0.05) is 26.1 Å². The molecule has 1 heterocycles.